The lowest BCUT2D eigenvalue weighted by Crippen LogP contribution is -2.63. The number of hydrogen-bond donors (Lipinski definition) is 1. The molecule has 1 aromatic carbocycles. The van der Waals surface area contributed by atoms with Crippen LogP contribution in [-0.4, -0.2) is 44.4 Å². The first kappa shape index (κ1) is 13.8. The molecule has 0 spiro atoms. The number of likely N-dealkylation sites (tertiary alicyclic amines) is 1. The smallest absolute Gasteiger partial charge is 0.274 e. The van der Waals surface area contributed by atoms with Gasteiger partial charge < -0.3 is 10.0 Å². The summed E-state index contributed by atoms with van der Waals surface area (Å²) in [6.45, 7) is 2.83. The van der Waals surface area contributed by atoms with Crippen molar-refractivity contribution in [1.29, 1.82) is 0 Å². The van der Waals surface area contributed by atoms with Crippen LogP contribution in [0, 0.1) is 0 Å². The summed E-state index contributed by atoms with van der Waals surface area (Å²) in [5, 5.41) is 14.5. The summed E-state index contributed by atoms with van der Waals surface area (Å²) < 4.78 is 1.69. The van der Waals surface area contributed by atoms with Gasteiger partial charge in [-0.25, -0.2) is 4.68 Å². The Morgan fingerprint density at radius 3 is 2.67 bits per heavy atom. The van der Waals surface area contributed by atoms with E-state index in [1.54, 1.807) is 21.8 Å². The van der Waals surface area contributed by atoms with Crippen LogP contribution >= 0.6 is 0 Å². The van der Waals surface area contributed by atoms with Crippen molar-refractivity contribution in [2.24, 2.45) is 0 Å². The second kappa shape index (κ2) is 5.33. The van der Waals surface area contributed by atoms with Gasteiger partial charge in [0.05, 0.1) is 24.4 Å². The van der Waals surface area contributed by atoms with Gasteiger partial charge in [0.15, 0.2) is 5.69 Å². The molecule has 0 saturated carbocycles. The van der Waals surface area contributed by atoms with Gasteiger partial charge in [0, 0.05) is 6.20 Å². The molecular formula is C16H19N3O2. The number of carbonyl (C=O) groups excluding carboxylic acids is 1. The fourth-order valence-electron chi connectivity index (χ4n) is 2.76. The second-order valence-corrected chi connectivity index (χ2v) is 5.62. The molecule has 0 aliphatic carbocycles. The van der Waals surface area contributed by atoms with E-state index in [0.29, 0.717) is 18.8 Å². The minimum atomic E-state index is -0.702. The van der Waals surface area contributed by atoms with E-state index in [9.17, 15) is 9.90 Å². The molecule has 21 heavy (non-hydrogen) atoms. The average Bonchev–Trinajstić information content (AvgIpc) is 2.95. The van der Waals surface area contributed by atoms with Crippen LogP contribution in [0.3, 0.4) is 0 Å². The van der Waals surface area contributed by atoms with Crippen molar-refractivity contribution in [1.82, 2.24) is 14.7 Å². The number of aliphatic hydroxyl groups is 1. The van der Waals surface area contributed by atoms with Crippen molar-refractivity contribution < 1.29 is 9.90 Å². The van der Waals surface area contributed by atoms with Crippen LogP contribution in [0.25, 0.3) is 5.69 Å². The molecular weight excluding hydrogens is 266 g/mol. The number of hydrogen-bond acceptors (Lipinski definition) is 3. The van der Waals surface area contributed by atoms with E-state index in [-0.39, 0.29) is 5.91 Å². The number of carbonyl (C=O) groups is 1. The van der Waals surface area contributed by atoms with Crippen molar-refractivity contribution >= 4 is 5.91 Å². The third kappa shape index (κ3) is 2.69. The molecule has 1 saturated heterocycles. The van der Waals surface area contributed by atoms with Gasteiger partial charge in [-0.15, -0.1) is 0 Å². The van der Waals surface area contributed by atoms with Crippen LogP contribution in [0.4, 0.5) is 0 Å². The van der Waals surface area contributed by atoms with Crippen molar-refractivity contribution in [3.63, 3.8) is 0 Å². The zero-order valence-corrected chi connectivity index (χ0v) is 12.1. The van der Waals surface area contributed by atoms with Crippen LogP contribution in [-0.2, 0) is 0 Å². The maximum atomic E-state index is 12.3. The molecule has 1 aromatic heterocycles. The van der Waals surface area contributed by atoms with E-state index in [1.807, 2.05) is 37.3 Å². The zero-order chi connectivity index (χ0) is 14.9. The summed E-state index contributed by atoms with van der Waals surface area (Å²) in [4.78, 5) is 13.9. The molecule has 110 valence electrons. The molecule has 3 rings (SSSR count). The first-order valence-electron chi connectivity index (χ1n) is 7.24. The second-order valence-electron chi connectivity index (χ2n) is 5.62. The Morgan fingerprint density at radius 1 is 1.29 bits per heavy atom. The Balaban J connectivity index is 1.69. The lowest BCUT2D eigenvalue weighted by atomic mass is 9.89. The Hall–Kier alpha value is -2.14. The largest absolute Gasteiger partial charge is 0.386 e. The Kier molecular flexibility index (Phi) is 3.51. The van der Waals surface area contributed by atoms with E-state index in [4.69, 9.17) is 0 Å². The van der Waals surface area contributed by atoms with Crippen molar-refractivity contribution in [3.05, 3.63) is 48.3 Å². The highest BCUT2D eigenvalue weighted by molar-refractivity contribution is 5.93. The fraction of sp³-hybridized carbons (Fsp3) is 0.375. The van der Waals surface area contributed by atoms with Crippen LogP contribution in [0.15, 0.2) is 42.6 Å². The summed E-state index contributed by atoms with van der Waals surface area (Å²) in [6, 6.07) is 11.4. The molecule has 0 unspecified atom stereocenters. The van der Waals surface area contributed by atoms with Crippen molar-refractivity contribution in [2.45, 2.75) is 25.4 Å². The molecule has 0 atom stereocenters. The van der Waals surface area contributed by atoms with Gasteiger partial charge in [0.1, 0.15) is 0 Å². The zero-order valence-electron chi connectivity index (χ0n) is 12.1. The van der Waals surface area contributed by atoms with Crippen molar-refractivity contribution in [2.75, 3.05) is 13.1 Å². The lowest BCUT2D eigenvalue weighted by molar-refractivity contribution is -0.0861. The molecule has 0 bridgehead atoms. The van der Waals surface area contributed by atoms with Gasteiger partial charge in [0.25, 0.3) is 5.91 Å². The van der Waals surface area contributed by atoms with Gasteiger partial charge in [-0.05, 0) is 24.6 Å². The van der Waals surface area contributed by atoms with Crippen LogP contribution in [0.2, 0.25) is 0 Å². The average molecular weight is 285 g/mol. The van der Waals surface area contributed by atoms with Crippen LogP contribution < -0.4 is 0 Å². The highest BCUT2D eigenvalue weighted by Crippen LogP contribution is 2.27. The molecule has 1 aliphatic rings. The number of rotatable bonds is 4. The number of benzene rings is 1. The summed E-state index contributed by atoms with van der Waals surface area (Å²) in [5.74, 6) is -0.120. The molecule has 5 nitrogen and oxygen atoms in total. The number of nitrogens with zero attached hydrogens (tertiary/aromatic N) is 3. The van der Waals surface area contributed by atoms with Gasteiger partial charge >= 0.3 is 0 Å². The minimum Gasteiger partial charge on any atom is -0.386 e. The minimum absolute atomic E-state index is 0.120. The van der Waals surface area contributed by atoms with E-state index in [1.165, 1.54) is 0 Å². The van der Waals surface area contributed by atoms with Crippen LogP contribution in [0.1, 0.15) is 30.3 Å². The fourth-order valence-corrected chi connectivity index (χ4v) is 2.76. The molecule has 0 radical (unpaired) electrons. The summed E-state index contributed by atoms with van der Waals surface area (Å²) in [7, 11) is 0. The lowest BCUT2D eigenvalue weighted by Gasteiger charge is -2.46. The summed E-state index contributed by atoms with van der Waals surface area (Å²) in [6.07, 6.45) is 3.43. The maximum Gasteiger partial charge on any atom is 0.274 e. The number of aromatic nitrogens is 2. The Labute approximate surface area is 123 Å². The molecule has 1 aliphatic heterocycles. The summed E-state index contributed by atoms with van der Waals surface area (Å²) >= 11 is 0. The standard InChI is InChI=1S/C16H19N3O2/c1-2-9-16(21)11-18(12-16)15(20)14-8-10-19(17-14)13-6-4-3-5-7-13/h3-8,10,21H,2,9,11-12H2,1H3. The highest BCUT2D eigenvalue weighted by atomic mass is 16.3. The topological polar surface area (TPSA) is 58.4 Å². The van der Waals surface area contributed by atoms with Crippen molar-refractivity contribution in [3.8, 4) is 5.69 Å². The van der Waals surface area contributed by atoms with Gasteiger partial charge in [-0.3, -0.25) is 4.79 Å². The molecule has 2 aromatic rings. The molecule has 1 amide bonds. The van der Waals surface area contributed by atoms with E-state index < -0.39 is 5.60 Å². The third-order valence-electron chi connectivity index (χ3n) is 3.80. The predicted molar refractivity (Wildman–Crippen MR) is 79.3 cm³/mol. The quantitative estimate of drug-likeness (QED) is 0.933. The number of para-hydroxylation sites is 1. The summed E-state index contributed by atoms with van der Waals surface area (Å²) in [5.41, 5.74) is 0.631. The molecule has 1 fully saturated rings. The molecule has 1 N–H and O–H groups in total. The number of amides is 1. The first-order valence-corrected chi connectivity index (χ1v) is 7.24. The Morgan fingerprint density at radius 2 is 2.00 bits per heavy atom. The molecule has 5 heteroatoms. The highest BCUT2D eigenvalue weighted by Gasteiger charge is 2.43. The van der Waals surface area contributed by atoms with Crippen LogP contribution in [0.5, 0.6) is 0 Å². The normalized spacial score (nSPS) is 16.6. The van der Waals surface area contributed by atoms with E-state index in [2.05, 4.69) is 5.10 Å². The van der Waals surface area contributed by atoms with E-state index >= 15 is 0 Å². The number of β-amino-alcohol motifs (C(OH)–C–C–N with tert-alkyl or cyclic N) is 1. The first-order chi connectivity index (χ1) is 10.1. The maximum absolute atomic E-state index is 12.3. The predicted octanol–water partition coefficient (Wildman–Crippen LogP) is 1.86. The Bertz CT molecular complexity index is 630. The molecule has 2 heterocycles. The van der Waals surface area contributed by atoms with E-state index in [0.717, 1.165) is 18.5 Å². The monoisotopic (exact) mass is 285 g/mol. The third-order valence-corrected chi connectivity index (χ3v) is 3.80. The van der Waals surface area contributed by atoms with Gasteiger partial charge in [0.2, 0.25) is 0 Å². The van der Waals surface area contributed by atoms with Gasteiger partial charge in [-0.1, -0.05) is 31.5 Å². The van der Waals surface area contributed by atoms with Gasteiger partial charge in [-0.2, -0.15) is 5.10 Å². The SMILES string of the molecule is CCCC1(O)CN(C(=O)c2ccn(-c3ccccc3)n2)C1.